The van der Waals surface area contributed by atoms with Gasteiger partial charge in [0.1, 0.15) is 5.82 Å². The molecule has 2 unspecified atom stereocenters. The molecule has 0 saturated heterocycles. The van der Waals surface area contributed by atoms with Crippen molar-refractivity contribution in [1.29, 1.82) is 0 Å². The van der Waals surface area contributed by atoms with Gasteiger partial charge in [-0.1, -0.05) is 31.8 Å². The smallest absolute Gasteiger partial charge is 0.309 e. The molecule has 5 rings (SSSR count). The van der Waals surface area contributed by atoms with Gasteiger partial charge >= 0.3 is 11.9 Å². The van der Waals surface area contributed by atoms with Crippen LogP contribution in [0, 0.1) is 29.0 Å². The molecular weight excluding hydrogens is 399 g/mol. The summed E-state index contributed by atoms with van der Waals surface area (Å²) in [6.45, 7) is 7.21. The summed E-state index contributed by atoms with van der Waals surface area (Å²) in [5.41, 5.74) is -0.123. The van der Waals surface area contributed by atoms with E-state index in [9.17, 15) is 19.1 Å². The minimum Gasteiger partial charge on any atom is -0.481 e. The summed E-state index contributed by atoms with van der Waals surface area (Å²) in [6, 6.07) is 7.47. The largest absolute Gasteiger partial charge is 0.481 e. The van der Waals surface area contributed by atoms with Gasteiger partial charge in [-0.2, -0.15) is 0 Å². The second-order valence-corrected chi connectivity index (χ2v) is 16.8. The van der Waals surface area contributed by atoms with Gasteiger partial charge in [-0.15, -0.1) is 0 Å². The Hall–Kier alpha value is -1.69. The molecule has 0 heterocycles. The number of hydrogen-bond acceptors (Lipinski definition) is 3. The van der Waals surface area contributed by atoms with Crippen LogP contribution in [0.25, 0.3) is 0 Å². The summed E-state index contributed by atoms with van der Waals surface area (Å²) >= 11 is 0. The third-order valence-corrected chi connectivity index (χ3v) is 9.74. The van der Waals surface area contributed by atoms with E-state index < -0.39 is 24.9 Å². The number of carbonyl (C=O) groups is 2. The summed E-state index contributed by atoms with van der Waals surface area (Å²) in [4.78, 5) is 25.1. The molecule has 4 saturated carbocycles. The lowest BCUT2D eigenvalue weighted by Crippen LogP contribution is -2.61. The van der Waals surface area contributed by atoms with Gasteiger partial charge in [0.25, 0.3) is 0 Å². The minimum atomic E-state index is -1.30. The molecule has 0 aromatic heterocycles. The molecule has 1 aromatic rings. The molecule has 164 valence electrons. The van der Waals surface area contributed by atoms with E-state index >= 15 is 0 Å². The highest BCUT2D eigenvalue weighted by atomic mass is 28.3. The second-order valence-electron chi connectivity index (χ2n) is 11.2. The van der Waals surface area contributed by atoms with Crippen molar-refractivity contribution in [3.8, 4) is 0 Å². The van der Waals surface area contributed by atoms with Crippen molar-refractivity contribution in [3.05, 3.63) is 35.6 Å². The molecule has 0 amide bonds. The van der Waals surface area contributed by atoms with Crippen molar-refractivity contribution < 1.29 is 23.8 Å². The molecule has 2 atom stereocenters. The first-order valence-electron chi connectivity index (χ1n) is 11.2. The molecule has 4 fully saturated rings. The Morgan fingerprint density at radius 2 is 1.70 bits per heavy atom. The Balaban J connectivity index is 1.64. The lowest BCUT2D eigenvalue weighted by Gasteiger charge is -2.64. The highest BCUT2D eigenvalue weighted by molar-refractivity contribution is 6.76. The molecule has 1 aromatic carbocycles. The number of aliphatic carboxylic acids is 1. The van der Waals surface area contributed by atoms with Crippen molar-refractivity contribution in [2.45, 2.75) is 69.6 Å². The number of carboxylic acid groups (broad SMARTS) is 1. The van der Waals surface area contributed by atoms with E-state index in [1.165, 1.54) is 12.1 Å². The molecule has 0 radical (unpaired) electrons. The van der Waals surface area contributed by atoms with Gasteiger partial charge in [-0.3, -0.25) is 9.59 Å². The number of hydrogen-bond donors (Lipinski definition) is 1. The first-order valence-corrected chi connectivity index (χ1v) is 14.9. The van der Waals surface area contributed by atoms with Crippen LogP contribution in [0.1, 0.15) is 44.1 Å². The molecular formula is C24H33FO4Si. The lowest BCUT2D eigenvalue weighted by molar-refractivity contribution is -0.178. The van der Waals surface area contributed by atoms with E-state index in [4.69, 9.17) is 4.74 Å². The lowest BCUT2D eigenvalue weighted by atomic mass is 9.39. The Bertz CT molecular complexity index is 813. The quantitative estimate of drug-likeness (QED) is 0.472. The normalized spacial score (nSPS) is 34.7. The third kappa shape index (κ3) is 3.72. The number of halogens is 1. The molecule has 0 aliphatic heterocycles. The molecule has 4 bridgehead atoms. The van der Waals surface area contributed by atoms with Crippen LogP contribution in [-0.4, -0.2) is 31.7 Å². The zero-order valence-corrected chi connectivity index (χ0v) is 19.2. The number of benzene rings is 1. The number of carboxylic acids is 1. The van der Waals surface area contributed by atoms with Gasteiger partial charge in [-0.05, 0) is 73.6 Å². The molecule has 4 aliphatic rings. The van der Waals surface area contributed by atoms with Crippen LogP contribution in [0.4, 0.5) is 4.39 Å². The second kappa shape index (κ2) is 7.47. The summed E-state index contributed by atoms with van der Waals surface area (Å²) in [5.74, 6) is -0.529. The zero-order chi connectivity index (χ0) is 21.7. The summed E-state index contributed by atoms with van der Waals surface area (Å²) < 4.78 is 19.4. The summed E-state index contributed by atoms with van der Waals surface area (Å²) in [7, 11) is -1.30. The van der Waals surface area contributed by atoms with E-state index in [-0.39, 0.29) is 30.0 Å². The molecule has 4 nitrogen and oxygen atoms in total. The van der Waals surface area contributed by atoms with Gasteiger partial charge in [0, 0.05) is 13.5 Å². The van der Waals surface area contributed by atoms with Crippen molar-refractivity contribution in [3.63, 3.8) is 0 Å². The Kier molecular flexibility index (Phi) is 5.36. The van der Waals surface area contributed by atoms with E-state index in [2.05, 4.69) is 19.6 Å². The van der Waals surface area contributed by atoms with E-state index in [0.29, 0.717) is 25.4 Å². The van der Waals surface area contributed by atoms with E-state index in [1.54, 1.807) is 12.1 Å². The molecule has 6 heteroatoms. The van der Waals surface area contributed by atoms with Gasteiger partial charge in [-0.25, -0.2) is 4.39 Å². The fourth-order valence-corrected chi connectivity index (χ4v) is 7.46. The fourth-order valence-electron chi connectivity index (χ4n) is 6.74. The highest BCUT2D eigenvalue weighted by Crippen LogP contribution is 2.68. The van der Waals surface area contributed by atoms with Crippen LogP contribution in [0.2, 0.25) is 25.7 Å². The van der Waals surface area contributed by atoms with Gasteiger partial charge in [0.2, 0.25) is 0 Å². The average Bonchev–Trinajstić information content (AvgIpc) is 2.64. The maximum atomic E-state index is 13.7. The Morgan fingerprint density at radius 3 is 2.23 bits per heavy atom. The molecule has 0 spiro atoms. The monoisotopic (exact) mass is 432 g/mol. The fraction of sp³-hybridized carbons (Fsp3) is 0.667. The zero-order valence-electron chi connectivity index (χ0n) is 18.2. The van der Waals surface area contributed by atoms with Crippen LogP contribution >= 0.6 is 0 Å². The minimum absolute atomic E-state index is 0.120. The van der Waals surface area contributed by atoms with Crippen molar-refractivity contribution in [2.24, 2.45) is 23.2 Å². The Labute approximate surface area is 179 Å². The first-order chi connectivity index (χ1) is 14.0. The molecule has 30 heavy (non-hydrogen) atoms. The van der Waals surface area contributed by atoms with Gasteiger partial charge in [0.05, 0.1) is 18.4 Å². The highest BCUT2D eigenvalue weighted by Gasteiger charge is 2.65. The van der Waals surface area contributed by atoms with Crippen LogP contribution in [0.15, 0.2) is 24.3 Å². The topological polar surface area (TPSA) is 63.6 Å². The predicted molar refractivity (Wildman–Crippen MR) is 115 cm³/mol. The summed E-state index contributed by atoms with van der Waals surface area (Å²) in [5, 5.41) is 9.99. The van der Waals surface area contributed by atoms with Crippen LogP contribution in [0.5, 0.6) is 0 Å². The van der Waals surface area contributed by atoms with Gasteiger partial charge < -0.3 is 9.84 Å². The van der Waals surface area contributed by atoms with Crippen LogP contribution < -0.4 is 0 Å². The van der Waals surface area contributed by atoms with Crippen molar-refractivity contribution >= 4 is 20.0 Å². The number of rotatable bonds is 7. The predicted octanol–water partition coefficient (Wildman–Crippen LogP) is 5.25. The molecule has 1 N–H and O–H groups in total. The maximum absolute atomic E-state index is 13.7. The summed E-state index contributed by atoms with van der Waals surface area (Å²) in [6.07, 6.45) is 4.14. The van der Waals surface area contributed by atoms with E-state index in [0.717, 1.165) is 30.9 Å². The third-order valence-electron chi connectivity index (χ3n) is 8.03. The van der Waals surface area contributed by atoms with Crippen LogP contribution in [-0.2, 0) is 19.7 Å². The average molecular weight is 433 g/mol. The number of esters is 1. The van der Waals surface area contributed by atoms with Crippen LogP contribution in [0.3, 0.4) is 0 Å². The van der Waals surface area contributed by atoms with Crippen molar-refractivity contribution in [1.82, 2.24) is 0 Å². The standard InChI is InChI=1S/C24H33FO4Si/c1-30(2,3)9-8-29-21(26)15-24(17-4-6-20(25)7-5-17)18-10-16-11-19(24)14-23(12-16,13-18)22(27)28/h4-7,16,18-19H,8-15H2,1-3H3,(H,27,28)/t16?,18?,19?,23-,24+. The van der Waals surface area contributed by atoms with Gasteiger partial charge in [0.15, 0.2) is 0 Å². The van der Waals surface area contributed by atoms with E-state index in [1.807, 2.05) is 0 Å². The SMILES string of the molecule is C[Si](C)(C)CCOC(=O)C[C@]1(c2ccc(F)cc2)C2CC3CC1C[C@@](C(=O)O)(C3)C2. The first kappa shape index (κ1) is 21.5. The Morgan fingerprint density at radius 1 is 1.10 bits per heavy atom. The molecule has 4 aliphatic carbocycles. The number of carbonyl (C=O) groups excluding carboxylic acids is 1. The van der Waals surface area contributed by atoms with Crippen molar-refractivity contribution in [2.75, 3.05) is 6.61 Å². The maximum Gasteiger partial charge on any atom is 0.309 e. The number of ether oxygens (including phenoxy) is 1.